The second kappa shape index (κ2) is 7.26. The quantitative estimate of drug-likeness (QED) is 0.603. The zero-order chi connectivity index (χ0) is 10.3. The molecule has 0 aliphatic rings. The number of rotatable bonds is 7. The van der Waals surface area contributed by atoms with Gasteiger partial charge in [0.25, 0.3) is 0 Å². The fraction of sp³-hybridized carbons (Fsp3) is 1.00. The second-order valence-electron chi connectivity index (χ2n) is 3.38. The molecule has 0 aromatic carbocycles. The summed E-state index contributed by atoms with van der Waals surface area (Å²) >= 11 is 0. The van der Waals surface area contributed by atoms with Crippen molar-refractivity contribution in [2.24, 2.45) is 0 Å². The van der Waals surface area contributed by atoms with Crippen LogP contribution in [0.2, 0.25) is 0 Å². The van der Waals surface area contributed by atoms with Gasteiger partial charge in [0.1, 0.15) is 0 Å². The summed E-state index contributed by atoms with van der Waals surface area (Å²) in [6.45, 7) is 6.29. The van der Waals surface area contributed by atoms with Crippen LogP contribution in [0.3, 0.4) is 0 Å². The molecule has 0 amide bonds. The molecule has 13 heavy (non-hydrogen) atoms. The lowest BCUT2D eigenvalue weighted by Crippen LogP contribution is -2.23. The van der Waals surface area contributed by atoms with Crippen LogP contribution in [-0.4, -0.2) is 48.3 Å². The van der Waals surface area contributed by atoms with E-state index in [1.54, 1.807) is 13.8 Å². The number of aliphatic hydroxyl groups is 2. The van der Waals surface area contributed by atoms with Crippen molar-refractivity contribution in [2.75, 3.05) is 19.8 Å². The van der Waals surface area contributed by atoms with Crippen molar-refractivity contribution in [3.8, 4) is 0 Å². The molecule has 0 heterocycles. The molecule has 0 radical (unpaired) electrons. The molecule has 0 bridgehead atoms. The maximum atomic E-state index is 8.91. The maximum Gasteiger partial charge on any atom is 0.0781 e. The highest BCUT2D eigenvalue weighted by molar-refractivity contribution is 4.51. The SMILES string of the molecule is C[C@H](O)COC[C@@H](C)OC[C@H](C)O. The van der Waals surface area contributed by atoms with Gasteiger partial charge in [-0.15, -0.1) is 0 Å². The van der Waals surface area contributed by atoms with E-state index >= 15 is 0 Å². The van der Waals surface area contributed by atoms with Crippen LogP contribution in [0.5, 0.6) is 0 Å². The minimum absolute atomic E-state index is 0.0478. The smallest absolute Gasteiger partial charge is 0.0781 e. The van der Waals surface area contributed by atoms with Gasteiger partial charge in [-0.1, -0.05) is 0 Å². The van der Waals surface area contributed by atoms with Gasteiger partial charge >= 0.3 is 0 Å². The van der Waals surface area contributed by atoms with E-state index in [0.29, 0.717) is 19.8 Å². The highest BCUT2D eigenvalue weighted by Gasteiger charge is 2.05. The van der Waals surface area contributed by atoms with Crippen LogP contribution in [0.25, 0.3) is 0 Å². The fourth-order valence-electron chi connectivity index (χ4n) is 0.756. The summed E-state index contributed by atoms with van der Waals surface area (Å²) in [5.41, 5.74) is 0. The Balaban J connectivity index is 3.25. The van der Waals surface area contributed by atoms with Crippen LogP contribution >= 0.6 is 0 Å². The van der Waals surface area contributed by atoms with Crippen LogP contribution in [0, 0.1) is 0 Å². The predicted molar refractivity (Wildman–Crippen MR) is 49.6 cm³/mol. The molecule has 0 aliphatic carbocycles. The molecule has 0 fully saturated rings. The van der Waals surface area contributed by atoms with Gasteiger partial charge in [0.2, 0.25) is 0 Å². The number of aliphatic hydroxyl groups excluding tert-OH is 2. The molecule has 0 unspecified atom stereocenters. The number of hydrogen-bond donors (Lipinski definition) is 2. The van der Waals surface area contributed by atoms with Crippen LogP contribution < -0.4 is 0 Å². The lowest BCUT2D eigenvalue weighted by molar-refractivity contribution is -0.0492. The van der Waals surface area contributed by atoms with Gasteiger partial charge in [-0.2, -0.15) is 0 Å². The van der Waals surface area contributed by atoms with E-state index in [-0.39, 0.29) is 6.10 Å². The largest absolute Gasteiger partial charge is 0.391 e. The Labute approximate surface area is 79.5 Å². The van der Waals surface area contributed by atoms with Crippen molar-refractivity contribution in [3.05, 3.63) is 0 Å². The second-order valence-corrected chi connectivity index (χ2v) is 3.38. The van der Waals surface area contributed by atoms with Crippen LogP contribution in [-0.2, 0) is 9.47 Å². The van der Waals surface area contributed by atoms with E-state index < -0.39 is 12.2 Å². The molecule has 0 aromatic rings. The topological polar surface area (TPSA) is 58.9 Å². The third kappa shape index (κ3) is 9.76. The fourth-order valence-corrected chi connectivity index (χ4v) is 0.756. The molecule has 80 valence electrons. The van der Waals surface area contributed by atoms with E-state index in [0.717, 1.165) is 0 Å². The first-order valence-corrected chi connectivity index (χ1v) is 4.57. The summed E-state index contributed by atoms with van der Waals surface area (Å²) in [6.07, 6.45) is -0.934. The van der Waals surface area contributed by atoms with Crippen LogP contribution in [0.1, 0.15) is 20.8 Å². The Kier molecular flexibility index (Phi) is 7.17. The van der Waals surface area contributed by atoms with Crippen molar-refractivity contribution in [1.82, 2.24) is 0 Å². The molecule has 3 atom stereocenters. The molecule has 2 N–H and O–H groups in total. The molecule has 0 saturated carbocycles. The Hall–Kier alpha value is -0.160. The molecule has 4 nitrogen and oxygen atoms in total. The third-order valence-electron chi connectivity index (χ3n) is 1.33. The predicted octanol–water partition coefficient (Wildman–Crippen LogP) is 0.170. The van der Waals surface area contributed by atoms with Crippen molar-refractivity contribution in [2.45, 2.75) is 39.1 Å². The standard InChI is InChI=1S/C9H20O4/c1-7(10)4-12-6-9(3)13-5-8(2)11/h7-11H,4-6H2,1-3H3/t7-,8-,9+/m0/s1. The summed E-state index contributed by atoms with van der Waals surface area (Å²) in [5.74, 6) is 0. The third-order valence-corrected chi connectivity index (χ3v) is 1.33. The molecule has 0 aromatic heterocycles. The Morgan fingerprint density at radius 3 is 1.92 bits per heavy atom. The van der Waals surface area contributed by atoms with Gasteiger partial charge in [0, 0.05) is 0 Å². The molecular formula is C9H20O4. The van der Waals surface area contributed by atoms with E-state index in [1.807, 2.05) is 6.92 Å². The first-order chi connectivity index (χ1) is 6.02. The Bertz CT molecular complexity index is 114. The number of hydrogen-bond acceptors (Lipinski definition) is 4. The lowest BCUT2D eigenvalue weighted by atomic mass is 10.4. The monoisotopic (exact) mass is 192 g/mol. The van der Waals surface area contributed by atoms with Gasteiger partial charge in [-0.3, -0.25) is 0 Å². The van der Waals surface area contributed by atoms with Gasteiger partial charge < -0.3 is 19.7 Å². The van der Waals surface area contributed by atoms with Gasteiger partial charge in [0.05, 0.1) is 38.1 Å². The van der Waals surface area contributed by atoms with Crippen LogP contribution in [0.4, 0.5) is 0 Å². The maximum absolute atomic E-state index is 8.91. The van der Waals surface area contributed by atoms with Crippen molar-refractivity contribution >= 4 is 0 Å². The Morgan fingerprint density at radius 2 is 1.46 bits per heavy atom. The summed E-state index contributed by atoms with van der Waals surface area (Å²) in [6, 6.07) is 0. The molecular weight excluding hydrogens is 172 g/mol. The van der Waals surface area contributed by atoms with Gasteiger partial charge in [-0.05, 0) is 20.8 Å². The zero-order valence-electron chi connectivity index (χ0n) is 8.56. The zero-order valence-corrected chi connectivity index (χ0v) is 8.56. The highest BCUT2D eigenvalue weighted by atomic mass is 16.5. The molecule has 0 spiro atoms. The first-order valence-electron chi connectivity index (χ1n) is 4.57. The minimum atomic E-state index is -0.445. The number of ether oxygens (including phenoxy) is 2. The average molecular weight is 192 g/mol. The van der Waals surface area contributed by atoms with Crippen molar-refractivity contribution in [1.29, 1.82) is 0 Å². The lowest BCUT2D eigenvalue weighted by Gasteiger charge is -2.15. The van der Waals surface area contributed by atoms with E-state index in [9.17, 15) is 0 Å². The van der Waals surface area contributed by atoms with Crippen LogP contribution in [0.15, 0.2) is 0 Å². The summed E-state index contributed by atoms with van der Waals surface area (Å²) in [7, 11) is 0. The Morgan fingerprint density at radius 1 is 0.923 bits per heavy atom. The highest BCUT2D eigenvalue weighted by Crippen LogP contribution is 1.95. The summed E-state index contributed by atoms with van der Waals surface area (Å²) in [4.78, 5) is 0. The summed E-state index contributed by atoms with van der Waals surface area (Å²) in [5, 5.41) is 17.8. The average Bonchev–Trinajstić information content (AvgIpc) is 2.00. The summed E-state index contributed by atoms with van der Waals surface area (Å²) < 4.78 is 10.4. The molecule has 0 saturated heterocycles. The van der Waals surface area contributed by atoms with Crippen molar-refractivity contribution in [3.63, 3.8) is 0 Å². The van der Waals surface area contributed by atoms with Gasteiger partial charge in [0.15, 0.2) is 0 Å². The van der Waals surface area contributed by atoms with E-state index in [2.05, 4.69) is 0 Å². The molecule has 4 heteroatoms. The van der Waals surface area contributed by atoms with Crippen molar-refractivity contribution < 1.29 is 19.7 Å². The van der Waals surface area contributed by atoms with E-state index in [1.165, 1.54) is 0 Å². The normalized spacial score (nSPS) is 18.2. The molecule has 0 aliphatic heterocycles. The van der Waals surface area contributed by atoms with E-state index in [4.69, 9.17) is 19.7 Å². The first kappa shape index (κ1) is 12.8. The van der Waals surface area contributed by atoms with Gasteiger partial charge in [-0.25, -0.2) is 0 Å². The minimum Gasteiger partial charge on any atom is -0.391 e. The molecule has 0 rings (SSSR count).